The fourth-order valence-corrected chi connectivity index (χ4v) is 3.89. The van der Waals surface area contributed by atoms with Crippen molar-refractivity contribution in [3.63, 3.8) is 0 Å². The van der Waals surface area contributed by atoms with Gasteiger partial charge in [0, 0.05) is 25.7 Å². The van der Waals surface area contributed by atoms with Gasteiger partial charge in [0.2, 0.25) is 3.79 Å². The van der Waals surface area contributed by atoms with E-state index in [0.29, 0.717) is 5.56 Å². The largest absolute Gasteiger partial charge is 0.463 e. The van der Waals surface area contributed by atoms with Crippen LogP contribution in [-0.2, 0) is 58.9 Å². The molecular formula is C25H29Cl3N4O12. The summed E-state index contributed by atoms with van der Waals surface area (Å²) in [6.45, 7) is 1.20. The second-order valence-corrected chi connectivity index (χ2v) is 11.5. The first-order chi connectivity index (χ1) is 20.7. The van der Waals surface area contributed by atoms with Gasteiger partial charge in [0.25, 0.3) is 0 Å². The third-order valence-corrected chi connectivity index (χ3v) is 5.78. The molecule has 6 atom stereocenters. The number of ether oxygens (including phenoxy) is 7. The maximum atomic E-state index is 13.0. The zero-order chi connectivity index (χ0) is 32.9. The molecule has 0 unspecified atom stereocenters. The van der Waals surface area contributed by atoms with E-state index in [2.05, 4.69) is 15.3 Å². The fraction of sp³-hybridized carbons (Fsp3) is 0.560. The molecule has 1 N–H and O–H groups in total. The monoisotopic (exact) mass is 682 g/mol. The molecule has 2 rings (SSSR count). The Morgan fingerprint density at radius 1 is 0.977 bits per heavy atom. The molecule has 16 nitrogen and oxygen atoms in total. The Morgan fingerprint density at radius 3 is 2.18 bits per heavy atom. The van der Waals surface area contributed by atoms with Crippen molar-refractivity contribution in [3.05, 3.63) is 46.3 Å². The predicted molar refractivity (Wildman–Crippen MR) is 150 cm³/mol. The van der Waals surface area contributed by atoms with Gasteiger partial charge in [-0.3, -0.25) is 14.4 Å². The van der Waals surface area contributed by atoms with Crippen LogP contribution in [0.2, 0.25) is 0 Å². The van der Waals surface area contributed by atoms with Gasteiger partial charge in [-0.25, -0.2) is 9.59 Å². The van der Waals surface area contributed by atoms with E-state index >= 15 is 0 Å². The molecule has 44 heavy (non-hydrogen) atoms. The first kappa shape index (κ1) is 36.7. The molecule has 1 aromatic carbocycles. The van der Waals surface area contributed by atoms with E-state index < -0.39 is 90.3 Å². The van der Waals surface area contributed by atoms with E-state index in [-0.39, 0.29) is 6.61 Å². The Morgan fingerprint density at radius 2 is 1.61 bits per heavy atom. The summed E-state index contributed by atoms with van der Waals surface area (Å²) in [6, 6.07) is 5.53. The molecule has 1 aliphatic heterocycles. The molecule has 1 fully saturated rings. The molecule has 0 saturated carbocycles. The number of alkyl halides is 3. The van der Waals surface area contributed by atoms with Gasteiger partial charge in [-0.2, -0.15) is 0 Å². The van der Waals surface area contributed by atoms with Gasteiger partial charge in [-0.15, -0.1) is 0 Å². The highest BCUT2D eigenvalue weighted by atomic mass is 35.6. The number of nitrogens with zero attached hydrogens (tertiary/aromatic N) is 3. The summed E-state index contributed by atoms with van der Waals surface area (Å²) in [5.41, 5.74) is 9.87. The van der Waals surface area contributed by atoms with Gasteiger partial charge < -0.3 is 38.5 Å². The number of alkyl carbamates (subject to hydrolysis) is 1. The Hall–Kier alpha value is -3.53. The number of carbonyl (C=O) groups is 5. The summed E-state index contributed by atoms with van der Waals surface area (Å²) < 4.78 is 35.3. The van der Waals surface area contributed by atoms with Crippen molar-refractivity contribution in [2.75, 3.05) is 19.8 Å². The number of halogens is 3. The number of rotatable bonds is 13. The SMILES string of the molecule is CC(=O)OC[C@H]1O[C@H](OC[C@H](NC(=O)OCC(Cl)(Cl)Cl)C(=O)OCc2ccccc2)[C@H](N=[N+]=[N-])[C@@H](OC(C)=O)[C@H]1OC(C)=O. The Bertz CT molecular complexity index is 1210. The van der Waals surface area contributed by atoms with Gasteiger partial charge >= 0.3 is 30.0 Å². The molecule has 0 radical (unpaired) electrons. The second kappa shape index (κ2) is 17.7. The van der Waals surface area contributed by atoms with Crippen molar-refractivity contribution in [1.82, 2.24) is 5.32 Å². The van der Waals surface area contributed by atoms with Gasteiger partial charge in [0.1, 0.15) is 32.0 Å². The lowest BCUT2D eigenvalue weighted by Crippen LogP contribution is -2.61. The van der Waals surface area contributed by atoms with Crippen molar-refractivity contribution in [3.8, 4) is 0 Å². The summed E-state index contributed by atoms with van der Waals surface area (Å²) in [5.74, 6) is -3.37. The van der Waals surface area contributed by atoms with E-state index in [4.69, 9.17) is 68.0 Å². The number of nitrogens with one attached hydrogen (secondary N) is 1. The topological polar surface area (TPSA) is 211 Å². The van der Waals surface area contributed by atoms with Crippen molar-refractivity contribution in [1.29, 1.82) is 0 Å². The number of hydrogen-bond donors (Lipinski definition) is 1. The van der Waals surface area contributed by atoms with Crippen LogP contribution in [0.5, 0.6) is 0 Å². The molecule has 242 valence electrons. The van der Waals surface area contributed by atoms with Crippen LogP contribution in [0, 0.1) is 0 Å². The van der Waals surface area contributed by atoms with E-state index in [9.17, 15) is 29.5 Å². The Balaban J connectivity index is 2.33. The number of amides is 1. The molecule has 1 aromatic rings. The highest BCUT2D eigenvalue weighted by molar-refractivity contribution is 6.67. The van der Waals surface area contributed by atoms with E-state index in [1.54, 1.807) is 30.3 Å². The quantitative estimate of drug-likeness (QED) is 0.0794. The molecule has 1 amide bonds. The first-order valence-electron chi connectivity index (χ1n) is 12.7. The highest BCUT2D eigenvalue weighted by Gasteiger charge is 2.51. The summed E-state index contributed by atoms with van der Waals surface area (Å²) in [6.07, 6.45) is -6.98. The van der Waals surface area contributed by atoms with E-state index in [1.807, 2.05) is 0 Å². The van der Waals surface area contributed by atoms with Gasteiger partial charge in [-0.1, -0.05) is 70.2 Å². The lowest BCUT2D eigenvalue weighted by atomic mass is 9.96. The van der Waals surface area contributed by atoms with Gasteiger partial charge in [0.05, 0.1) is 6.61 Å². The smallest absolute Gasteiger partial charge is 0.408 e. The lowest BCUT2D eigenvalue weighted by molar-refractivity contribution is -0.274. The number of azide groups is 1. The zero-order valence-corrected chi connectivity index (χ0v) is 25.8. The van der Waals surface area contributed by atoms with Crippen molar-refractivity contribution in [2.45, 2.75) is 67.9 Å². The molecule has 1 aliphatic rings. The van der Waals surface area contributed by atoms with Crippen LogP contribution in [0.3, 0.4) is 0 Å². The molecule has 1 saturated heterocycles. The number of benzene rings is 1. The van der Waals surface area contributed by atoms with Gasteiger partial charge in [0.15, 0.2) is 24.5 Å². The van der Waals surface area contributed by atoms with Crippen molar-refractivity contribution < 1.29 is 57.1 Å². The van der Waals surface area contributed by atoms with Crippen LogP contribution in [0.15, 0.2) is 35.4 Å². The van der Waals surface area contributed by atoms with Gasteiger partial charge in [-0.05, 0) is 11.1 Å². The minimum atomic E-state index is -1.95. The Labute approximate surface area is 266 Å². The van der Waals surface area contributed by atoms with Crippen LogP contribution in [-0.4, -0.2) is 90.3 Å². The normalized spacial score (nSPS) is 21.9. The van der Waals surface area contributed by atoms with E-state index in [1.165, 1.54) is 0 Å². The van der Waals surface area contributed by atoms with Crippen molar-refractivity contribution >= 4 is 64.8 Å². The third-order valence-electron chi connectivity index (χ3n) is 5.45. The predicted octanol–water partition coefficient (Wildman–Crippen LogP) is 3.04. The van der Waals surface area contributed by atoms with Crippen LogP contribution < -0.4 is 5.32 Å². The maximum Gasteiger partial charge on any atom is 0.408 e. The maximum absolute atomic E-state index is 13.0. The number of esters is 4. The minimum Gasteiger partial charge on any atom is -0.463 e. The minimum absolute atomic E-state index is 0.175. The number of carbonyl (C=O) groups excluding carboxylic acids is 5. The third kappa shape index (κ3) is 13.0. The summed E-state index contributed by atoms with van der Waals surface area (Å²) in [5, 5.41) is 5.81. The number of hydrogen-bond acceptors (Lipinski definition) is 13. The first-order valence-corrected chi connectivity index (χ1v) is 13.8. The average molecular weight is 684 g/mol. The highest BCUT2D eigenvalue weighted by Crippen LogP contribution is 2.30. The summed E-state index contributed by atoms with van der Waals surface area (Å²) in [4.78, 5) is 63.4. The molecule has 0 aromatic heterocycles. The zero-order valence-electron chi connectivity index (χ0n) is 23.6. The van der Waals surface area contributed by atoms with Crippen LogP contribution in [0.25, 0.3) is 10.4 Å². The average Bonchev–Trinajstić information content (AvgIpc) is 2.94. The molecule has 1 heterocycles. The summed E-state index contributed by atoms with van der Waals surface area (Å²) >= 11 is 16.8. The fourth-order valence-electron chi connectivity index (χ4n) is 3.73. The van der Waals surface area contributed by atoms with Crippen LogP contribution >= 0.6 is 34.8 Å². The van der Waals surface area contributed by atoms with Crippen molar-refractivity contribution in [2.24, 2.45) is 5.11 Å². The molecule has 0 aliphatic carbocycles. The molecular weight excluding hydrogens is 655 g/mol. The van der Waals surface area contributed by atoms with Crippen LogP contribution in [0.4, 0.5) is 4.79 Å². The second-order valence-electron chi connectivity index (χ2n) is 9.00. The molecule has 19 heteroatoms. The summed E-state index contributed by atoms with van der Waals surface area (Å²) in [7, 11) is 0. The van der Waals surface area contributed by atoms with E-state index in [0.717, 1.165) is 20.8 Å². The molecule has 0 spiro atoms. The Kier molecular flexibility index (Phi) is 14.7. The lowest BCUT2D eigenvalue weighted by Gasteiger charge is -2.43. The molecule has 0 bridgehead atoms. The van der Waals surface area contributed by atoms with Crippen LogP contribution in [0.1, 0.15) is 26.3 Å². The standard InChI is InChI=1S/C25H29Cl3N4O12/c1-13(33)38-11-18-20(42-14(2)34)21(43-15(3)35)19(31-32-29)23(44-18)40-10-17(30-24(37)41-12-25(26,27)28)22(36)39-9-16-7-5-4-6-8-16/h4-8,17-21,23H,9-12H2,1-3H3,(H,30,37)/t17-,18+,19+,20-,21+,23-/m0/s1.